The summed E-state index contributed by atoms with van der Waals surface area (Å²) >= 11 is 0. The summed E-state index contributed by atoms with van der Waals surface area (Å²) in [5, 5.41) is 0. The summed E-state index contributed by atoms with van der Waals surface area (Å²) in [6.45, 7) is 4.03. The van der Waals surface area contributed by atoms with Gasteiger partial charge in [-0.05, 0) is 49.9 Å². The fourth-order valence-corrected chi connectivity index (χ4v) is 3.60. The maximum absolute atomic E-state index is 12.3. The van der Waals surface area contributed by atoms with Crippen molar-refractivity contribution in [2.75, 3.05) is 19.6 Å². The van der Waals surface area contributed by atoms with Gasteiger partial charge in [-0.25, -0.2) is 13.1 Å². The van der Waals surface area contributed by atoms with Crippen LogP contribution in [0.25, 0.3) is 0 Å². The predicted octanol–water partition coefficient (Wildman–Crippen LogP) is 2.39. The van der Waals surface area contributed by atoms with Gasteiger partial charge in [0.1, 0.15) is 0 Å². The minimum Gasteiger partial charge on any atom is -0.339 e. The van der Waals surface area contributed by atoms with Crippen LogP contribution in [-0.4, -0.2) is 38.9 Å². The van der Waals surface area contributed by atoms with Gasteiger partial charge in [0.05, 0.1) is 4.90 Å². The lowest BCUT2D eigenvalue weighted by Crippen LogP contribution is -2.35. The third kappa shape index (κ3) is 4.30. The molecule has 2 rings (SSSR count). The quantitative estimate of drug-likeness (QED) is 0.817. The Labute approximate surface area is 132 Å². The standard InChI is InChI=1S/C16H24N2O3S/c1-2-3-11-17-22(20,21)15-9-7-14(8-10-15)16(19)18-12-5-4-6-13-18/h7-10,17H,2-6,11-13H2,1H3. The fourth-order valence-electron chi connectivity index (χ4n) is 2.52. The van der Waals surface area contributed by atoms with Crippen molar-refractivity contribution in [2.24, 2.45) is 0 Å². The molecule has 0 bridgehead atoms. The van der Waals surface area contributed by atoms with Crippen LogP contribution in [0.1, 0.15) is 49.4 Å². The molecule has 1 heterocycles. The Hall–Kier alpha value is -1.40. The zero-order chi connectivity index (χ0) is 16.0. The van der Waals surface area contributed by atoms with Crippen molar-refractivity contribution in [1.82, 2.24) is 9.62 Å². The number of benzene rings is 1. The number of piperidine rings is 1. The highest BCUT2D eigenvalue weighted by Gasteiger charge is 2.19. The summed E-state index contributed by atoms with van der Waals surface area (Å²) in [6, 6.07) is 6.22. The molecule has 0 atom stereocenters. The Kier molecular flexibility index (Phi) is 5.97. The molecule has 1 aliphatic rings. The van der Waals surface area contributed by atoms with E-state index in [1.165, 1.54) is 18.6 Å². The summed E-state index contributed by atoms with van der Waals surface area (Å²) in [5.74, 6) is -0.0115. The van der Waals surface area contributed by atoms with Gasteiger partial charge in [0.15, 0.2) is 0 Å². The number of nitrogens with one attached hydrogen (secondary N) is 1. The van der Waals surface area contributed by atoms with E-state index in [4.69, 9.17) is 0 Å². The number of sulfonamides is 1. The zero-order valence-corrected chi connectivity index (χ0v) is 13.9. The number of likely N-dealkylation sites (tertiary alicyclic amines) is 1. The number of carbonyl (C=O) groups is 1. The van der Waals surface area contributed by atoms with E-state index >= 15 is 0 Å². The van der Waals surface area contributed by atoms with Gasteiger partial charge in [-0.2, -0.15) is 0 Å². The summed E-state index contributed by atoms with van der Waals surface area (Å²) in [6.07, 6.45) is 5.00. The smallest absolute Gasteiger partial charge is 0.253 e. The Bertz CT molecular complexity index is 590. The third-order valence-electron chi connectivity index (χ3n) is 3.88. The van der Waals surface area contributed by atoms with Gasteiger partial charge in [0.2, 0.25) is 10.0 Å². The molecule has 0 unspecified atom stereocenters. The molecule has 0 aromatic heterocycles. The highest BCUT2D eigenvalue weighted by atomic mass is 32.2. The number of hydrogen-bond donors (Lipinski definition) is 1. The summed E-state index contributed by atoms with van der Waals surface area (Å²) < 4.78 is 26.7. The molecule has 5 nitrogen and oxygen atoms in total. The molecular formula is C16H24N2O3S. The molecule has 1 N–H and O–H groups in total. The van der Waals surface area contributed by atoms with Gasteiger partial charge < -0.3 is 4.90 Å². The number of hydrogen-bond acceptors (Lipinski definition) is 3. The predicted molar refractivity (Wildman–Crippen MR) is 86.3 cm³/mol. The highest BCUT2D eigenvalue weighted by Crippen LogP contribution is 2.15. The molecule has 1 aromatic carbocycles. The van der Waals surface area contributed by atoms with Crippen molar-refractivity contribution in [3.05, 3.63) is 29.8 Å². The van der Waals surface area contributed by atoms with E-state index in [0.717, 1.165) is 38.8 Å². The van der Waals surface area contributed by atoms with E-state index in [1.54, 1.807) is 12.1 Å². The number of rotatable bonds is 6. The van der Waals surface area contributed by atoms with Crippen molar-refractivity contribution < 1.29 is 13.2 Å². The Morgan fingerprint density at radius 3 is 2.36 bits per heavy atom. The van der Waals surface area contributed by atoms with E-state index in [2.05, 4.69) is 4.72 Å². The molecule has 1 fully saturated rings. The molecule has 1 aliphatic heterocycles. The maximum Gasteiger partial charge on any atom is 0.253 e. The van der Waals surface area contributed by atoms with Crippen LogP contribution in [0.15, 0.2) is 29.2 Å². The van der Waals surface area contributed by atoms with Crippen molar-refractivity contribution in [1.29, 1.82) is 0 Å². The van der Waals surface area contributed by atoms with Crippen LogP contribution in [0.3, 0.4) is 0 Å². The Balaban J connectivity index is 2.04. The van der Waals surface area contributed by atoms with E-state index in [1.807, 2.05) is 11.8 Å². The monoisotopic (exact) mass is 324 g/mol. The summed E-state index contributed by atoms with van der Waals surface area (Å²) in [5.41, 5.74) is 0.550. The lowest BCUT2D eigenvalue weighted by atomic mass is 10.1. The summed E-state index contributed by atoms with van der Waals surface area (Å²) in [7, 11) is -3.47. The van der Waals surface area contributed by atoms with Crippen molar-refractivity contribution >= 4 is 15.9 Å². The van der Waals surface area contributed by atoms with Crippen LogP contribution in [0.5, 0.6) is 0 Å². The lowest BCUT2D eigenvalue weighted by molar-refractivity contribution is 0.0724. The van der Waals surface area contributed by atoms with Gasteiger partial charge in [0.25, 0.3) is 5.91 Å². The average Bonchev–Trinajstić information content (AvgIpc) is 2.55. The molecule has 1 aromatic rings. The van der Waals surface area contributed by atoms with Gasteiger partial charge in [-0.3, -0.25) is 4.79 Å². The minimum atomic E-state index is -3.47. The van der Waals surface area contributed by atoms with Crippen LogP contribution >= 0.6 is 0 Å². The van der Waals surface area contributed by atoms with Crippen molar-refractivity contribution in [2.45, 2.75) is 43.9 Å². The van der Waals surface area contributed by atoms with Crippen LogP contribution in [0, 0.1) is 0 Å². The maximum atomic E-state index is 12.3. The van der Waals surface area contributed by atoms with Gasteiger partial charge >= 0.3 is 0 Å². The normalized spacial score (nSPS) is 15.8. The SMILES string of the molecule is CCCCNS(=O)(=O)c1ccc(C(=O)N2CCCCC2)cc1. The van der Waals surface area contributed by atoms with Crippen LogP contribution in [0.4, 0.5) is 0 Å². The number of unbranched alkanes of at least 4 members (excludes halogenated alkanes) is 1. The van der Waals surface area contributed by atoms with Gasteiger partial charge in [-0.15, -0.1) is 0 Å². The molecule has 0 saturated carbocycles. The number of nitrogens with zero attached hydrogens (tertiary/aromatic N) is 1. The lowest BCUT2D eigenvalue weighted by Gasteiger charge is -2.26. The fraction of sp³-hybridized carbons (Fsp3) is 0.562. The van der Waals surface area contributed by atoms with Crippen molar-refractivity contribution in [3.8, 4) is 0 Å². The van der Waals surface area contributed by atoms with Crippen LogP contribution < -0.4 is 4.72 Å². The molecule has 1 amide bonds. The molecule has 0 radical (unpaired) electrons. The second kappa shape index (κ2) is 7.74. The molecule has 22 heavy (non-hydrogen) atoms. The Morgan fingerprint density at radius 1 is 1.14 bits per heavy atom. The van der Waals surface area contributed by atoms with E-state index in [0.29, 0.717) is 12.1 Å². The van der Waals surface area contributed by atoms with Crippen molar-refractivity contribution in [3.63, 3.8) is 0 Å². The first-order valence-electron chi connectivity index (χ1n) is 7.93. The van der Waals surface area contributed by atoms with E-state index in [9.17, 15) is 13.2 Å². The third-order valence-corrected chi connectivity index (χ3v) is 5.35. The molecule has 0 spiro atoms. The Morgan fingerprint density at radius 2 is 1.77 bits per heavy atom. The molecule has 0 aliphatic carbocycles. The molecule has 122 valence electrons. The second-order valence-electron chi connectivity index (χ2n) is 5.63. The molecular weight excluding hydrogens is 300 g/mol. The highest BCUT2D eigenvalue weighted by molar-refractivity contribution is 7.89. The van der Waals surface area contributed by atoms with Crippen LogP contribution in [-0.2, 0) is 10.0 Å². The van der Waals surface area contributed by atoms with Gasteiger partial charge in [-0.1, -0.05) is 13.3 Å². The van der Waals surface area contributed by atoms with E-state index < -0.39 is 10.0 Å². The van der Waals surface area contributed by atoms with E-state index in [-0.39, 0.29) is 10.8 Å². The largest absolute Gasteiger partial charge is 0.339 e. The first-order chi connectivity index (χ1) is 10.5. The molecule has 1 saturated heterocycles. The topological polar surface area (TPSA) is 66.5 Å². The zero-order valence-electron chi connectivity index (χ0n) is 13.0. The minimum absolute atomic E-state index is 0.0115. The summed E-state index contributed by atoms with van der Waals surface area (Å²) in [4.78, 5) is 14.4. The second-order valence-corrected chi connectivity index (χ2v) is 7.40. The number of carbonyl (C=O) groups excluding carboxylic acids is 1. The number of amides is 1. The first kappa shape index (κ1) is 17.0. The average molecular weight is 324 g/mol. The van der Waals surface area contributed by atoms with Crippen LogP contribution in [0.2, 0.25) is 0 Å². The first-order valence-corrected chi connectivity index (χ1v) is 9.42. The van der Waals surface area contributed by atoms with Gasteiger partial charge in [0, 0.05) is 25.2 Å². The molecule has 6 heteroatoms.